The molecule has 1 aliphatic rings. The van der Waals surface area contributed by atoms with E-state index in [0.29, 0.717) is 11.9 Å². The van der Waals surface area contributed by atoms with Gasteiger partial charge in [-0.15, -0.1) is 5.10 Å². The second-order valence-electron chi connectivity index (χ2n) is 7.52. The average Bonchev–Trinajstić information content (AvgIpc) is 3.18. The minimum absolute atomic E-state index is 0.586. The van der Waals surface area contributed by atoms with Gasteiger partial charge in [0.1, 0.15) is 0 Å². The number of anilines is 3. The Labute approximate surface area is 169 Å². The van der Waals surface area contributed by atoms with Crippen LogP contribution < -0.4 is 16.4 Å². The van der Waals surface area contributed by atoms with Crippen LogP contribution in [0.3, 0.4) is 0 Å². The van der Waals surface area contributed by atoms with Crippen molar-refractivity contribution < 1.29 is 0 Å². The maximum absolute atomic E-state index is 5.82. The standard InChI is InChI=1S/C23H24N6/c24-19-7-3-18(4-8-19)21-2-1-15-29-22(21)27-23(28-29)26-20-9-5-16(6-10-20)17-11-13-25-14-12-17/h1-10,15,17,25H,11-14,24H2,(H,26,28). The number of nitrogens with two attached hydrogens (primary N) is 1. The molecule has 1 fully saturated rings. The lowest BCUT2D eigenvalue weighted by atomic mass is 9.90. The summed E-state index contributed by atoms with van der Waals surface area (Å²) in [6.07, 6.45) is 4.32. The Morgan fingerprint density at radius 3 is 2.48 bits per heavy atom. The van der Waals surface area contributed by atoms with E-state index >= 15 is 0 Å². The molecule has 6 nitrogen and oxygen atoms in total. The first kappa shape index (κ1) is 17.7. The molecule has 3 heterocycles. The van der Waals surface area contributed by atoms with Gasteiger partial charge in [-0.25, -0.2) is 4.52 Å². The van der Waals surface area contributed by atoms with E-state index < -0.39 is 0 Å². The van der Waals surface area contributed by atoms with E-state index in [1.54, 1.807) is 4.52 Å². The van der Waals surface area contributed by atoms with Crippen LogP contribution in [-0.4, -0.2) is 27.7 Å². The van der Waals surface area contributed by atoms with E-state index in [-0.39, 0.29) is 0 Å². The van der Waals surface area contributed by atoms with Gasteiger partial charge >= 0.3 is 0 Å². The second kappa shape index (κ2) is 7.56. The normalized spacial score (nSPS) is 14.9. The summed E-state index contributed by atoms with van der Waals surface area (Å²) in [5, 5.41) is 11.3. The SMILES string of the molecule is Nc1ccc(-c2cccn3nc(Nc4ccc(C5CCNCC5)cc4)nc23)cc1. The van der Waals surface area contributed by atoms with Crippen LogP contribution in [0, 0.1) is 0 Å². The number of benzene rings is 2. The van der Waals surface area contributed by atoms with Crippen molar-refractivity contribution in [1.29, 1.82) is 0 Å². The predicted octanol–water partition coefficient (Wildman–Crippen LogP) is 4.19. The number of nitrogens with zero attached hydrogens (tertiary/aromatic N) is 3. The molecule has 4 aromatic rings. The molecule has 2 aromatic carbocycles. The largest absolute Gasteiger partial charge is 0.399 e. The zero-order chi connectivity index (χ0) is 19.6. The third kappa shape index (κ3) is 3.67. The Hall–Kier alpha value is -3.38. The van der Waals surface area contributed by atoms with Crippen LogP contribution in [0.15, 0.2) is 66.9 Å². The van der Waals surface area contributed by atoms with Gasteiger partial charge in [0.15, 0.2) is 5.65 Å². The van der Waals surface area contributed by atoms with Gasteiger partial charge in [-0.05, 0) is 79.4 Å². The van der Waals surface area contributed by atoms with Gasteiger partial charge in [-0.2, -0.15) is 4.98 Å². The highest BCUT2D eigenvalue weighted by molar-refractivity contribution is 5.78. The first-order valence-corrected chi connectivity index (χ1v) is 10.1. The van der Waals surface area contributed by atoms with Crippen LogP contribution in [0.25, 0.3) is 16.8 Å². The summed E-state index contributed by atoms with van der Waals surface area (Å²) >= 11 is 0. The lowest BCUT2D eigenvalue weighted by Crippen LogP contribution is -2.26. The van der Waals surface area contributed by atoms with E-state index in [2.05, 4.69) is 40.0 Å². The summed E-state index contributed by atoms with van der Waals surface area (Å²) in [5.74, 6) is 1.24. The number of nitrogens with one attached hydrogen (secondary N) is 2. The molecule has 0 unspecified atom stereocenters. The third-order valence-corrected chi connectivity index (χ3v) is 5.56. The van der Waals surface area contributed by atoms with Gasteiger partial charge in [-0.3, -0.25) is 0 Å². The Morgan fingerprint density at radius 1 is 0.966 bits per heavy atom. The minimum atomic E-state index is 0.586. The van der Waals surface area contributed by atoms with Gasteiger partial charge in [0, 0.05) is 23.1 Å². The summed E-state index contributed by atoms with van der Waals surface area (Å²) in [6.45, 7) is 2.21. The summed E-state index contributed by atoms with van der Waals surface area (Å²) in [6, 6.07) is 20.5. The van der Waals surface area contributed by atoms with E-state index in [1.807, 2.05) is 42.6 Å². The van der Waals surface area contributed by atoms with Gasteiger partial charge in [-0.1, -0.05) is 24.3 Å². The molecule has 0 atom stereocenters. The van der Waals surface area contributed by atoms with Crippen LogP contribution in [0.2, 0.25) is 0 Å². The van der Waals surface area contributed by atoms with Crippen molar-refractivity contribution in [2.45, 2.75) is 18.8 Å². The highest BCUT2D eigenvalue weighted by Gasteiger charge is 2.15. The molecule has 1 saturated heterocycles. The van der Waals surface area contributed by atoms with Crippen LogP contribution in [0.1, 0.15) is 24.3 Å². The molecule has 29 heavy (non-hydrogen) atoms. The molecule has 0 saturated carbocycles. The van der Waals surface area contributed by atoms with Gasteiger partial charge in [0.25, 0.3) is 0 Å². The molecule has 0 radical (unpaired) electrons. The quantitative estimate of drug-likeness (QED) is 0.460. The molecule has 0 aliphatic carbocycles. The first-order chi connectivity index (χ1) is 14.3. The lowest BCUT2D eigenvalue weighted by Gasteiger charge is -2.23. The Kier molecular flexibility index (Phi) is 4.62. The Bertz CT molecular complexity index is 1110. The van der Waals surface area contributed by atoms with Crippen LogP contribution in [0.4, 0.5) is 17.3 Å². The molecule has 0 spiro atoms. The molecular weight excluding hydrogens is 360 g/mol. The number of aromatic nitrogens is 3. The van der Waals surface area contributed by atoms with Crippen molar-refractivity contribution in [1.82, 2.24) is 19.9 Å². The van der Waals surface area contributed by atoms with Crippen molar-refractivity contribution in [2.24, 2.45) is 0 Å². The molecule has 1 aliphatic heterocycles. The number of piperidine rings is 1. The van der Waals surface area contributed by atoms with Crippen molar-refractivity contribution in [3.05, 3.63) is 72.4 Å². The topological polar surface area (TPSA) is 80.3 Å². The second-order valence-corrected chi connectivity index (χ2v) is 7.52. The van der Waals surface area contributed by atoms with Crippen LogP contribution in [-0.2, 0) is 0 Å². The molecule has 0 bridgehead atoms. The van der Waals surface area contributed by atoms with Crippen molar-refractivity contribution in [3.63, 3.8) is 0 Å². The predicted molar refractivity (Wildman–Crippen MR) is 117 cm³/mol. The maximum atomic E-state index is 5.82. The summed E-state index contributed by atoms with van der Waals surface area (Å²) in [4.78, 5) is 4.72. The fraction of sp³-hybridized carbons (Fsp3) is 0.217. The molecule has 4 N–H and O–H groups in total. The zero-order valence-corrected chi connectivity index (χ0v) is 16.2. The lowest BCUT2D eigenvalue weighted by molar-refractivity contribution is 0.460. The number of nitrogen functional groups attached to an aromatic ring is 1. The number of hydrogen-bond acceptors (Lipinski definition) is 5. The number of hydrogen-bond donors (Lipinski definition) is 3. The third-order valence-electron chi connectivity index (χ3n) is 5.56. The number of pyridine rings is 1. The van der Waals surface area contributed by atoms with E-state index in [1.165, 1.54) is 18.4 Å². The average molecular weight is 384 g/mol. The minimum Gasteiger partial charge on any atom is -0.399 e. The van der Waals surface area contributed by atoms with Crippen molar-refractivity contribution >= 4 is 23.0 Å². The fourth-order valence-electron chi connectivity index (χ4n) is 3.97. The summed E-state index contributed by atoms with van der Waals surface area (Å²) in [5.41, 5.74) is 11.9. The van der Waals surface area contributed by atoms with Crippen LogP contribution >= 0.6 is 0 Å². The van der Waals surface area contributed by atoms with Crippen LogP contribution in [0.5, 0.6) is 0 Å². The van der Waals surface area contributed by atoms with E-state index in [4.69, 9.17) is 10.7 Å². The molecule has 2 aromatic heterocycles. The van der Waals surface area contributed by atoms with E-state index in [9.17, 15) is 0 Å². The van der Waals surface area contributed by atoms with Gasteiger partial charge in [0.05, 0.1) is 0 Å². The fourth-order valence-corrected chi connectivity index (χ4v) is 3.97. The monoisotopic (exact) mass is 384 g/mol. The van der Waals surface area contributed by atoms with Crippen molar-refractivity contribution in [3.8, 4) is 11.1 Å². The highest BCUT2D eigenvalue weighted by atomic mass is 15.3. The Morgan fingerprint density at radius 2 is 1.72 bits per heavy atom. The number of fused-ring (bicyclic) bond motifs is 1. The highest BCUT2D eigenvalue weighted by Crippen LogP contribution is 2.28. The molecule has 146 valence electrons. The molecule has 6 heteroatoms. The molecule has 5 rings (SSSR count). The van der Waals surface area contributed by atoms with Gasteiger partial charge in [0.2, 0.25) is 5.95 Å². The Balaban J connectivity index is 1.39. The number of rotatable bonds is 4. The maximum Gasteiger partial charge on any atom is 0.247 e. The summed E-state index contributed by atoms with van der Waals surface area (Å²) < 4.78 is 1.80. The van der Waals surface area contributed by atoms with E-state index in [0.717, 1.165) is 41.2 Å². The summed E-state index contributed by atoms with van der Waals surface area (Å²) in [7, 11) is 0. The smallest absolute Gasteiger partial charge is 0.247 e. The molecule has 0 amide bonds. The van der Waals surface area contributed by atoms with Gasteiger partial charge < -0.3 is 16.4 Å². The zero-order valence-electron chi connectivity index (χ0n) is 16.2. The first-order valence-electron chi connectivity index (χ1n) is 10.1. The van der Waals surface area contributed by atoms with Crippen molar-refractivity contribution in [2.75, 3.05) is 24.1 Å². The molecular formula is C23H24N6.